The monoisotopic (exact) mass is 309 g/mol. The lowest BCUT2D eigenvalue weighted by Crippen LogP contribution is -2.44. The van der Waals surface area contributed by atoms with Gasteiger partial charge >= 0.3 is 6.03 Å². The summed E-state index contributed by atoms with van der Waals surface area (Å²) in [4.78, 5) is 14.2. The second-order valence-electron chi connectivity index (χ2n) is 5.90. The van der Waals surface area contributed by atoms with Gasteiger partial charge in [0, 0.05) is 13.1 Å². The fraction of sp³-hybridized carbons (Fsp3) is 0.688. The van der Waals surface area contributed by atoms with Crippen LogP contribution in [0.25, 0.3) is 0 Å². The van der Waals surface area contributed by atoms with Crippen molar-refractivity contribution in [2.75, 3.05) is 26.2 Å². The molecule has 1 saturated heterocycles. The van der Waals surface area contributed by atoms with Crippen LogP contribution in [0.15, 0.2) is 22.8 Å². The quantitative estimate of drug-likeness (QED) is 0.718. The number of hydrogen-bond donors (Lipinski definition) is 3. The van der Waals surface area contributed by atoms with E-state index >= 15 is 0 Å². The van der Waals surface area contributed by atoms with Crippen molar-refractivity contribution in [2.24, 2.45) is 0 Å². The summed E-state index contributed by atoms with van der Waals surface area (Å²) in [5.74, 6) is 0.895. The lowest BCUT2D eigenvalue weighted by Gasteiger charge is -2.33. The molecule has 0 aromatic carbocycles. The molecule has 0 spiro atoms. The van der Waals surface area contributed by atoms with E-state index in [-0.39, 0.29) is 12.1 Å². The van der Waals surface area contributed by atoms with E-state index in [1.165, 1.54) is 19.3 Å². The summed E-state index contributed by atoms with van der Waals surface area (Å²) in [6.07, 6.45) is 5.49. The highest BCUT2D eigenvalue weighted by atomic mass is 16.3. The second kappa shape index (κ2) is 8.80. The first kappa shape index (κ1) is 16.8. The van der Waals surface area contributed by atoms with Crippen molar-refractivity contribution in [3.05, 3.63) is 24.2 Å². The average molecular weight is 309 g/mol. The molecule has 2 atom stereocenters. The summed E-state index contributed by atoms with van der Waals surface area (Å²) in [6, 6.07) is 3.73. The molecule has 0 bridgehead atoms. The predicted octanol–water partition coefficient (Wildman–Crippen LogP) is 1.88. The Morgan fingerprint density at radius 1 is 1.36 bits per heavy atom. The van der Waals surface area contributed by atoms with E-state index in [1.54, 1.807) is 13.2 Å². The zero-order chi connectivity index (χ0) is 15.8. The summed E-state index contributed by atoms with van der Waals surface area (Å²) in [7, 11) is 0. The number of hydrogen-bond acceptors (Lipinski definition) is 4. The van der Waals surface area contributed by atoms with Gasteiger partial charge in [0.05, 0.1) is 18.4 Å². The Balaban J connectivity index is 1.83. The highest BCUT2D eigenvalue weighted by Gasteiger charge is 2.24. The molecule has 1 fully saturated rings. The van der Waals surface area contributed by atoms with Crippen LogP contribution in [0.2, 0.25) is 0 Å². The number of likely N-dealkylation sites (tertiary alicyclic amines) is 1. The van der Waals surface area contributed by atoms with Gasteiger partial charge in [0.25, 0.3) is 0 Å². The number of carbonyl (C=O) groups is 1. The van der Waals surface area contributed by atoms with Gasteiger partial charge in [0.1, 0.15) is 5.76 Å². The molecule has 2 heterocycles. The SMILES string of the molecule is CC(O)CCNC(=O)NCC(c1ccco1)N1CCCCC1. The van der Waals surface area contributed by atoms with Crippen LogP contribution in [-0.4, -0.2) is 48.3 Å². The standard InChI is InChI=1S/C16H27N3O3/c1-13(20)7-8-17-16(21)18-12-14(15-6-5-11-22-15)19-9-3-2-4-10-19/h5-6,11,13-14,20H,2-4,7-10,12H2,1H3,(H2,17,18,21). The summed E-state index contributed by atoms with van der Waals surface area (Å²) in [6.45, 7) is 4.78. The van der Waals surface area contributed by atoms with Crippen LogP contribution in [-0.2, 0) is 0 Å². The maximum Gasteiger partial charge on any atom is 0.314 e. The highest BCUT2D eigenvalue weighted by Crippen LogP contribution is 2.24. The Morgan fingerprint density at radius 3 is 2.77 bits per heavy atom. The molecule has 124 valence electrons. The van der Waals surface area contributed by atoms with Crippen molar-refractivity contribution in [1.82, 2.24) is 15.5 Å². The minimum Gasteiger partial charge on any atom is -0.468 e. The van der Waals surface area contributed by atoms with Gasteiger partial charge in [-0.1, -0.05) is 6.42 Å². The fourth-order valence-corrected chi connectivity index (χ4v) is 2.77. The molecular formula is C16H27N3O3. The van der Waals surface area contributed by atoms with Crippen LogP contribution in [0.5, 0.6) is 0 Å². The first-order chi connectivity index (χ1) is 10.7. The Morgan fingerprint density at radius 2 is 2.14 bits per heavy atom. The van der Waals surface area contributed by atoms with Gasteiger partial charge in [-0.25, -0.2) is 4.79 Å². The fourth-order valence-electron chi connectivity index (χ4n) is 2.77. The smallest absolute Gasteiger partial charge is 0.314 e. The van der Waals surface area contributed by atoms with Crippen LogP contribution in [0, 0.1) is 0 Å². The van der Waals surface area contributed by atoms with E-state index in [1.807, 2.05) is 12.1 Å². The summed E-state index contributed by atoms with van der Waals surface area (Å²) in [5, 5.41) is 14.9. The number of rotatable bonds is 7. The average Bonchev–Trinajstić information content (AvgIpc) is 3.02. The molecule has 1 aliphatic rings. The molecule has 22 heavy (non-hydrogen) atoms. The Bertz CT molecular complexity index is 428. The van der Waals surface area contributed by atoms with E-state index in [9.17, 15) is 9.90 Å². The molecule has 2 rings (SSSR count). The van der Waals surface area contributed by atoms with Crippen LogP contribution in [0.3, 0.4) is 0 Å². The Kier molecular flexibility index (Phi) is 6.74. The van der Waals surface area contributed by atoms with E-state index in [0.29, 0.717) is 19.5 Å². The van der Waals surface area contributed by atoms with Crippen molar-refractivity contribution in [3.63, 3.8) is 0 Å². The lowest BCUT2D eigenvalue weighted by atomic mass is 10.1. The number of carbonyl (C=O) groups excluding carboxylic acids is 1. The number of amides is 2. The van der Waals surface area contributed by atoms with Crippen LogP contribution in [0.4, 0.5) is 4.79 Å². The molecule has 2 amide bonds. The summed E-state index contributed by atoms with van der Waals surface area (Å²) < 4.78 is 5.55. The van der Waals surface area contributed by atoms with Gasteiger partial charge in [-0.3, -0.25) is 4.90 Å². The first-order valence-electron chi connectivity index (χ1n) is 8.14. The number of furan rings is 1. The second-order valence-corrected chi connectivity index (χ2v) is 5.90. The van der Waals surface area contributed by atoms with Crippen molar-refractivity contribution >= 4 is 6.03 Å². The minimum absolute atomic E-state index is 0.0813. The molecule has 1 aromatic rings. The largest absolute Gasteiger partial charge is 0.468 e. The third-order valence-corrected chi connectivity index (χ3v) is 4.01. The predicted molar refractivity (Wildman–Crippen MR) is 84.6 cm³/mol. The number of urea groups is 1. The number of nitrogens with one attached hydrogen (secondary N) is 2. The number of piperidine rings is 1. The van der Waals surface area contributed by atoms with E-state index in [2.05, 4.69) is 15.5 Å². The number of nitrogens with zero attached hydrogens (tertiary/aromatic N) is 1. The third kappa shape index (κ3) is 5.35. The third-order valence-electron chi connectivity index (χ3n) is 4.01. The zero-order valence-corrected chi connectivity index (χ0v) is 13.3. The zero-order valence-electron chi connectivity index (χ0n) is 13.3. The molecule has 1 aromatic heterocycles. The maximum absolute atomic E-state index is 11.8. The van der Waals surface area contributed by atoms with Crippen LogP contribution >= 0.6 is 0 Å². The van der Waals surface area contributed by atoms with Crippen molar-refractivity contribution < 1.29 is 14.3 Å². The lowest BCUT2D eigenvalue weighted by molar-refractivity contribution is 0.143. The van der Waals surface area contributed by atoms with Gasteiger partial charge in [-0.05, 0) is 51.4 Å². The van der Waals surface area contributed by atoms with Gasteiger partial charge in [0.15, 0.2) is 0 Å². The minimum atomic E-state index is -0.399. The van der Waals surface area contributed by atoms with Crippen molar-refractivity contribution in [3.8, 4) is 0 Å². The maximum atomic E-state index is 11.8. The molecule has 6 heteroatoms. The van der Waals surface area contributed by atoms with E-state index in [4.69, 9.17) is 4.42 Å². The summed E-state index contributed by atoms with van der Waals surface area (Å²) in [5.41, 5.74) is 0. The van der Waals surface area contributed by atoms with E-state index < -0.39 is 6.10 Å². The highest BCUT2D eigenvalue weighted by molar-refractivity contribution is 5.73. The van der Waals surface area contributed by atoms with Crippen molar-refractivity contribution in [1.29, 1.82) is 0 Å². The topological polar surface area (TPSA) is 77.7 Å². The number of aliphatic hydroxyl groups excluding tert-OH is 1. The summed E-state index contributed by atoms with van der Waals surface area (Å²) >= 11 is 0. The van der Waals surface area contributed by atoms with Gasteiger partial charge in [-0.15, -0.1) is 0 Å². The van der Waals surface area contributed by atoms with Crippen LogP contribution in [0.1, 0.15) is 44.4 Å². The molecule has 1 aliphatic heterocycles. The normalized spacial score (nSPS) is 18.6. The molecule has 3 N–H and O–H groups in total. The first-order valence-corrected chi connectivity index (χ1v) is 8.14. The molecule has 6 nitrogen and oxygen atoms in total. The molecule has 0 radical (unpaired) electrons. The molecular weight excluding hydrogens is 282 g/mol. The van der Waals surface area contributed by atoms with Gasteiger partial charge in [-0.2, -0.15) is 0 Å². The van der Waals surface area contributed by atoms with E-state index in [0.717, 1.165) is 18.8 Å². The number of aliphatic hydroxyl groups is 1. The molecule has 2 unspecified atom stereocenters. The molecule has 0 aliphatic carbocycles. The molecule has 0 saturated carbocycles. The Hall–Kier alpha value is -1.53. The Labute approximate surface area is 131 Å². The van der Waals surface area contributed by atoms with Crippen molar-refractivity contribution in [2.45, 2.75) is 44.8 Å². The van der Waals surface area contributed by atoms with Gasteiger partial charge in [0.2, 0.25) is 0 Å². The van der Waals surface area contributed by atoms with Crippen LogP contribution < -0.4 is 10.6 Å². The van der Waals surface area contributed by atoms with Gasteiger partial charge < -0.3 is 20.2 Å².